The minimum Gasteiger partial charge on any atom is -0.497 e. The highest BCUT2D eigenvalue weighted by Gasteiger charge is 2.13. The molecule has 0 bridgehead atoms. The maximum absolute atomic E-state index is 11.6. The van der Waals surface area contributed by atoms with Gasteiger partial charge in [0.15, 0.2) is 0 Å². The van der Waals surface area contributed by atoms with Crippen molar-refractivity contribution in [3.63, 3.8) is 0 Å². The fraction of sp³-hybridized carbons (Fsp3) is 0.0556. The molecule has 0 aliphatic rings. The van der Waals surface area contributed by atoms with Gasteiger partial charge in [-0.15, -0.1) is 0 Å². The van der Waals surface area contributed by atoms with Crippen LogP contribution in [0.5, 0.6) is 5.75 Å². The van der Waals surface area contributed by atoms with Gasteiger partial charge in [0.05, 0.1) is 29.1 Å². The molecule has 5 heteroatoms. The summed E-state index contributed by atoms with van der Waals surface area (Å²) in [5, 5.41) is 14.8. The highest BCUT2D eigenvalue weighted by Crippen LogP contribution is 2.31. The number of hydrogen-bond donors (Lipinski definition) is 2. The molecule has 0 heterocycles. The van der Waals surface area contributed by atoms with E-state index in [1.807, 2.05) is 24.3 Å². The molecular weight excluding hydrogens is 314 g/mol. The first-order valence-corrected chi connectivity index (χ1v) is 7.33. The summed E-state index contributed by atoms with van der Waals surface area (Å²) in [6.45, 7) is 0. The smallest absolute Gasteiger partial charge is 0.337 e. The number of para-hydroxylation sites is 1. The summed E-state index contributed by atoms with van der Waals surface area (Å²) in [5.41, 5.74) is 1.31. The molecule has 23 heavy (non-hydrogen) atoms. The van der Waals surface area contributed by atoms with E-state index >= 15 is 0 Å². The molecule has 0 saturated heterocycles. The monoisotopic (exact) mass is 327 g/mol. The van der Waals surface area contributed by atoms with Crippen LogP contribution in [0.2, 0.25) is 5.02 Å². The normalized spacial score (nSPS) is 10.5. The molecule has 0 unspecified atom stereocenters. The summed E-state index contributed by atoms with van der Waals surface area (Å²) in [6, 6.07) is 16.1. The van der Waals surface area contributed by atoms with Crippen LogP contribution in [-0.4, -0.2) is 18.2 Å². The third kappa shape index (κ3) is 3.07. The summed E-state index contributed by atoms with van der Waals surface area (Å²) >= 11 is 6.14. The van der Waals surface area contributed by atoms with Gasteiger partial charge in [-0.3, -0.25) is 0 Å². The molecule has 0 amide bonds. The van der Waals surface area contributed by atoms with Gasteiger partial charge in [0.1, 0.15) is 5.75 Å². The van der Waals surface area contributed by atoms with E-state index in [0.29, 0.717) is 22.1 Å². The number of ether oxygens (including phenoxy) is 1. The maximum atomic E-state index is 11.6. The Morgan fingerprint density at radius 1 is 1.04 bits per heavy atom. The summed E-state index contributed by atoms with van der Waals surface area (Å²) in [5.74, 6) is -0.290. The van der Waals surface area contributed by atoms with Crippen molar-refractivity contribution in [2.45, 2.75) is 0 Å². The number of nitrogens with one attached hydrogen (secondary N) is 1. The fourth-order valence-electron chi connectivity index (χ4n) is 2.39. The van der Waals surface area contributed by atoms with Gasteiger partial charge in [-0.2, -0.15) is 0 Å². The van der Waals surface area contributed by atoms with Crippen LogP contribution in [0.4, 0.5) is 11.4 Å². The first-order valence-electron chi connectivity index (χ1n) is 6.95. The number of benzene rings is 3. The van der Waals surface area contributed by atoms with Crippen molar-refractivity contribution in [1.82, 2.24) is 0 Å². The number of anilines is 2. The van der Waals surface area contributed by atoms with Gasteiger partial charge in [0.25, 0.3) is 0 Å². The van der Waals surface area contributed by atoms with E-state index < -0.39 is 5.97 Å². The van der Waals surface area contributed by atoms with Gasteiger partial charge in [-0.1, -0.05) is 29.8 Å². The lowest BCUT2D eigenvalue weighted by atomic mass is 10.0. The number of rotatable bonds is 4. The number of methoxy groups -OCH3 is 1. The average Bonchev–Trinajstić information content (AvgIpc) is 2.55. The predicted octanol–water partition coefficient (Wildman–Crippen LogP) is 4.94. The van der Waals surface area contributed by atoms with E-state index in [9.17, 15) is 9.90 Å². The molecule has 0 saturated carbocycles. The molecule has 2 N–H and O–H groups in total. The second-order valence-corrected chi connectivity index (χ2v) is 5.43. The van der Waals surface area contributed by atoms with Crippen LogP contribution in [0.15, 0.2) is 54.6 Å². The highest BCUT2D eigenvalue weighted by atomic mass is 35.5. The van der Waals surface area contributed by atoms with E-state index in [1.54, 1.807) is 37.4 Å². The standard InChI is InChI=1S/C18H14ClNO3/c1-23-13-7-6-11-9-14(18(21)22)17(10-12(11)8-13)20-16-5-3-2-4-15(16)19/h2-10,20H,1H3,(H,21,22). The largest absolute Gasteiger partial charge is 0.497 e. The van der Waals surface area contributed by atoms with Gasteiger partial charge in [0, 0.05) is 0 Å². The number of aromatic carboxylic acids is 1. The average molecular weight is 328 g/mol. The lowest BCUT2D eigenvalue weighted by Crippen LogP contribution is -2.03. The zero-order chi connectivity index (χ0) is 16.4. The predicted molar refractivity (Wildman–Crippen MR) is 92.2 cm³/mol. The van der Waals surface area contributed by atoms with E-state index in [-0.39, 0.29) is 5.56 Å². The Morgan fingerprint density at radius 2 is 1.83 bits per heavy atom. The van der Waals surface area contributed by atoms with Crippen LogP contribution in [0.25, 0.3) is 10.8 Å². The number of halogens is 1. The van der Waals surface area contributed by atoms with Crippen molar-refractivity contribution in [2.24, 2.45) is 0 Å². The number of carboxylic acid groups (broad SMARTS) is 1. The van der Waals surface area contributed by atoms with E-state index in [0.717, 1.165) is 10.8 Å². The number of carboxylic acids is 1. The van der Waals surface area contributed by atoms with Crippen LogP contribution in [0.1, 0.15) is 10.4 Å². The molecule has 3 rings (SSSR count). The van der Waals surface area contributed by atoms with Crippen molar-refractivity contribution in [3.8, 4) is 5.75 Å². The van der Waals surface area contributed by atoms with Gasteiger partial charge >= 0.3 is 5.97 Å². The quantitative estimate of drug-likeness (QED) is 0.712. The summed E-state index contributed by atoms with van der Waals surface area (Å²) in [7, 11) is 1.59. The molecule has 4 nitrogen and oxygen atoms in total. The first kappa shape index (κ1) is 15.2. The first-order chi connectivity index (χ1) is 11.1. The Hall–Kier alpha value is -2.72. The van der Waals surface area contributed by atoms with Crippen LogP contribution >= 0.6 is 11.6 Å². The van der Waals surface area contributed by atoms with E-state index in [1.165, 1.54) is 0 Å². The van der Waals surface area contributed by atoms with Crippen LogP contribution in [-0.2, 0) is 0 Å². The van der Waals surface area contributed by atoms with Gasteiger partial charge in [0.2, 0.25) is 0 Å². The van der Waals surface area contributed by atoms with E-state index in [4.69, 9.17) is 16.3 Å². The van der Waals surface area contributed by atoms with Crippen molar-refractivity contribution in [3.05, 3.63) is 65.2 Å². The summed E-state index contributed by atoms with van der Waals surface area (Å²) in [4.78, 5) is 11.6. The second-order valence-electron chi connectivity index (χ2n) is 5.02. The van der Waals surface area contributed by atoms with Gasteiger partial charge in [-0.05, 0) is 47.2 Å². The Bertz CT molecular complexity index is 893. The lowest BCUT2D eigenvalue weighted by molar-refractivity contribution is 0.0698. The minimum atomic E-state index is -1.00. The SMILES string of the molecule is COc1ccc2cc(C(=O)O)c(Nc3ccccc3Cl)cc2c1. The minimum absolute atomic E-state index is 0.183. The number of carbonyl (C=O) groups is 1. The molecule has 3 aromatic rings. The van der Waals surface area contributed by atoms with Gasteiger partial charge < -0.3 is 15.2 Å². The third-order valence-electron chi connectivity index (χ3n) is 3.56. The fourth-order valence-corrected chi connectivity index (χ4v) is 2.57. The zero-order valence-corrected chi connectivity index (χ0v) is 13.1. The van der Waals surface area contributed by atoms with Gasteiger partial charge in [-0.25, -0.2) is 4.79 Å². The van der Waals surface area contributed by atoms with Crippen LogP contribution < -0.4 is 10.1 Å². The molecular formula is C18H14ClNO3. The summed E-state index contributed by atoms with van der Waals surface area (Å²) < 4.78 is 5.22. The Morgan fingerprint density at radius 3 is 2.52 bits per heavy atom. The molecule has 0 fully saturated rings. The third-order valence-corrected chi connectivity index (χ3v) is 3.89. The molecule has 0 aliphatic carbocycles. The van der Waals surface area contributed by atoms with Crippen molar-refractivity contribution >= 4 is 39.7 Å². The van der Waals surface area contributed by atoms with Crippen molar-refractivity contribution in [1.29, 1.82) is 0 Å². The lowest BCUT2D eigenvalue weighted by Gasteiger charge is -2.13. The number of hydrogen-bond acceptors (Lipinski definition) is 3. The van der Waals surface area contributed by atoms with Crippen LogP contribution in [0.3, 0.4) is 0 Å². The molecule has 0 atom stereocenters. The molecule has 0 aromatic heterocycles. The molecule has 116 valence electrons. The maximum Gasteiger partial charge on any atom is 0.337 e. The molecule has 0 aliphatic heterocycles. The molecule has 0 spiro atoms. The Kier molecular flexibility index (Phi) is 4.08. The van der Waals surface area contributed by atoms with Crippen molar-refractivity contribution in [2.75, 3.05) is 12.4 Å². The molecule has 0 radical (unpaired) electrons. The number of fused-ring (bicyclic) bond motifs is 1. The Labute approximate surface area is 138 Å². The zero-order valence-electron chi connectivity index (χ0n) is 12.3. The highest BCUT2D eigenvalue weighted by molar-refractivity contribution is 6.33. The molecule has 3 aromatic carbocycles. The topological polar surface area (TPSA) is 58.6 Å². The Balaban J connectivity index is 2.14. The van der Waals surface area contributed by atoms with Crippen molar-refractivity contribution < 1.29 is 14.6 Å². The second kappa shape index (κ2) is 6.18. The van der Waals surface area contributed by atoms with E-state index in [2.05, 4.69) is 5.32 Å². The summed E-state index contributed by atoms with van der Waals surface area (Å²) in [6.07, 6.45) is 0. The van der Waals surface area contributed by atoms with Crippen LogP contribution in [0, 0.1) is 0 Å².